The molecular formula is C10H18O. The maximum atomic E-state index is 11.2. The van der Waals surface area contributed by atoms with Crippen LogP contribution < -0.4 is 0 Å². The van der Waals surface area contributed by atoms with Crippen LogP contribution in [0.1, 0.15) is 40.5 Å². The Morgan fingerprint density at radius 2 is 1.91 bits per heavy atom. The molecule has 0 amide bonds. The molecule has 1 fully saturated rings. The molecular weight excluding hydrogens is 136 g/mol. The van der Waals surface area contributed by atoms with Crippen LogP contribution in [-0.2, 0) is 4.79 Å². The first-order valence-electron chi connectivity index (χ1n) is 4.46. The van der Waals surface area contributed by atoms with Crippen molar-refractivity contribution in [2.75, 3.05) is 0 Å². The third-order valence-electron chi connectivity index (χ3n) is 3.55. The minimum Gasteiger partial charge on any atom is -0.300 e. The van der Waals surface area contributed by atoms with Gasteiger partial charge in [0.05, 0.1) is 0 Å². The summed E-state index contributed by atoms with van der Waals surface area (Å²) in [7, 11) is 0. The van der Waals surface area contributed by atoms with Crippen LogP contribution in [0, 0.1) is 17.3 Å². The monoisotopic (exact) mass is 154 g/mol. The van der Waals surface area contributed by atoms with Crippen molar-refractivity contribution in [3.05, 3.63) is 0 Å². The van der Waals surface area contributed by atoms with Crippen molar-refractivity contribution in [3.8, 4) is 0 Å². The van der Waals surface area contributed by atoms with Gasteiger partial charge in [-0.1, -0.05) is 20.8 Å². The highest BCUT2D eigenvalue weighted by molar-refractivity contribution is 5.79. The van der Waals surface area contributed by atoms with Crippen molar-refractivity contribution in [2.24, 2.45) is 17.3 Å². The molecule has 0 aromatic rings. The summed E-state index contributed by atoms with van der Waals surface area (Å²) in [6, 6.07) is 0. The Morgan fingerprint density at radius 1 is 1.36 bits per heavy atom. The predicted octanol–water partition coefficient (Wildman–Crippen LogP) is 2.65. The molecule has 1 nitrogen and oxygen atoms in total. The molecule has 11 heavy (non-hydrogen) atoms. The number of hydrogen-bond donors (Lipinski definition) is 0. The van der Waals surface area contributed by atoms with Crippen molar-refractivity contribution in [3.63, 3.8) is 0 Å². The smallest absolute Gasteiger partial charge is 0.133 e. The lowest BCUT2D eigenvalue weighted by molar-refractivity contribution is -0.123. The van der Waals surface area contributed by atoms with Crippen LogP contribution in [0.4, 0.5) is 0 Å². The Morgan fingerprint density at radius 3 is 2.09 bits per heavy atom. The minimum absolute atomic E-state index is 0.242. The molecule has 2 atom stereocenters. The SMILES string of the molecule is CC(=O)[C@H]1CC[C@@H](C)C1(C)C. The third kappa shape index (κ3) is 1.33. The van der Waals surface area contributed by atoms with Crippen LogP contribution in [0.5, 0.6) is 0 Å². The molecule has 0 aromatic heterocycles. The van der Waals surface area contributed by atoms with E-state index in [4.69, 9.17) is 0 Å². The van der Waals surface area contributed by atoms with E-state index < -0.39 is 0 Å². The van der Waals surface area contributed by atoms with E-state index in [9.17, 15) is 4.79 Å². The van der Waals surface area contributed by atoms with E-state index in [-0.39, 0.29) is 5.41 Å². The van der Waals surface area contributed by atoms with E-state index in [0.717, 1.165) is 6.42 Å². The van der Waals surface area contributed by atoms with E-state index in [1.165, 1.54) is 6.42 Å². The largest absolute Gasteiger partial charge is 0.300 e. The second-order valence-electron chi connectivity index (χ2n) is 4.46. The molecule has 1 saturated carbocycles. The zero-order valence-corrected chi connectivity index (χ0v) is 7.98. The van der Waals surface area contributed by atoms with Gasteiger partial charge in [-0.2, -0.15) is 0 Å². The Bertz CT molecular complexity index is 170. The van der Waals surface area contributed by atoms with Crippen molar-refractivity contribution < 1.29 is 4.79 Å². The molecule has 0 aliphatic heterocycles. The molecule has 0 heterocycles. The topological polar surface area (TPSA) is 17.1 Å². The molecule has 0 saturated heterocycles. The van der Waals surface area contributed by atoms with Crippen molar-refractivity contribution >= 4 is 5.78 Å². The van der Waals surface area contributed by atoms with E-state index in [0.29, 0.717) is 17.6 Å². The minimum atomic E-state index is 0.242. The molecule has 64 valence electrons. The lowest BCUT2D eigenvalue weighted by Gasteiger charge is -2.29. The standard InChI is InChI=1S/C10H18O/c1-7-5-6-9(8(2)11)10(7,3)4/h7,9H,5-6H2,1-4H3/t7-,9-/m1/s1. The summed E-state index contributed by atoms with van der Waals surface area (Å²) in [5, 5.41) is 0. The fourth-order valence-electron chi connectivity index (χ4n) is 2.23. The Balaban J connectivity index is 2.78. The summed E-state index contributed by atoms with van der Waals surface area (Å²) in [4.78, 5) is 11.2. The van der Waals surface area contributed by atoms with Crippen molar-refractivity contribution in [1.29, 1.82) is 0 Å². The molecule has 0 radical (unpaired) electrons. The molecule has 1 aliphatic carbocycles. The predicted molar refractivity (Wildman–Crippen MR) is 46.4 cm³/mol. The van der Waals surface area contributed by atoms with Crippen molar-refractivity contribution in [1.82, 2.24) is 0 Å². The summed E-state index contributed by atoms with van der Waals surface area (Å²) in [6.07, 6.45) is 2.32. The fourth-order valence-corrected chi connectivity index (χ4v) is 2.23. The maximum absolute atomic E-state index is 11.2. The van der Waals surface area contributed by atoms with Gasteiger partial charge >= 0.3 is 0 Å². The molecule has 0 unspecified atom stereocenters. The van der Waals surface area contributed by atoms with E-state index in [2.05, 4.69) is 20.8 Å². The molecule has 1 heteroatoms. The van der Waals surface area contributed by atoms with Crippen LogP contribution in [0.25, 0.3) is 0 Å². The zero-order valence-electron chi connectivity index (χ0n) is 7.98. The number of ketones is 1. The van der Waals surface area contributed by atoms with Crippen LogP contribution in [0.3, 0.4) is 0 Å². The van der Waals surface area contributed by atoms with Gasteiger partial charge in [0.15, 0.2) is 0 Å². The van der Waals surface area contributed by atoms with Crippen LogP contribution in [0.2, 0.25) is 0 Å². The average molecular weight is 154 g/mol. The second-order valence-corrected chi connectivity index (χ2v) is 4.46. The fraction of sp³-hybridized carbons (Fsp3) is 0.900. The number of hydrogen-bond acceptors (Lipinski definition) is 1. The average Bonchev–Trinajstić information content (AvgIpc) is 2.08. The molecule has 0 aromatic carbocycles. The van der Waals surface area contributed by atoms with Gasteiger partial charge < -0.3 is 0 Å². The lowest BCUT2D eigenvalue weighted by atomic mass is 9.75. The van der Waals surface area contributed by atoms with Crippen molar-refractivity contribution in [2.45, 2.75) is 40.5 Å². The maximum Gasteiger partial charge on any atom is 0.133 e. The van der Waals surface area contributed by atoms with E-state index in [1.807, 2.05) is 0 Å². The first-order chi connectivity index (χ1) is 4.96. The lowest BCUT2D eigenvalue weighted by Crippen LogP contribution is -2.27. The highest BCUT2D eigenvalue weighted by Crippen LogP contribution is 2.47. The molecule has 0 N–H and O–H groups in total. The highest BCUT2D eigenvalue weighted by atomic mass is 16.1. The van der Waals surface area contributed by atoms with Gasteiger partial charge in [-0.3, -0.25) is 4.79 Å². The quantitative estimate of drug-likeness (QED) is 0.567. The van der Waals surface area contributed by atoms with Gasteiger partial charge in [0.2, 0.25) is 0 Å². The number of rotatable bonds is 1. The Hall–Kier alpha value is -0.330. The molecule has 0 bridgehead atoms. The summed E-state index contributed by atoms with van der Waals surface area (Å²) in [5.74, 6) is 1.40. The van der Waals surface area contributed by atoms with Gasteiger partial charge in [0, 0.05) is 5.92 Å². The Kier molecular flexibility index (Phi) is 2.08. The first-order valence-corrected chi connectivity index (χ1v) is 4.46. The van der Waals surface area contributed by atoms with Crippen LogP contribution in [-0.4, -0.2) is 5.78 Å². The van der Waals surface area contributed by atoms with Crippen LogP contribution in [0.15, 0.2) is 0 Å². The van der Waals surface area contributed by atoms with Gasteiger partial charge in [-0.05, 0) is 31.1 Å². The molecule has 0 spiro atoms. The summed E-state index contributed by atoms with van der Waals surface area (Å²) in [5.41, 5.74) is 0.242. The van der Waals surface area contributed by atoms with E-state index >= 15 is 0 Å². The molecule has 1 rings (SSSR count). The van der Waals surface area contributed by atoms with Gasteiger partial charge in [-0.25, -0.2) is 0 Å². The van der Waals surface area contributed by atoms with Crippen LogP contribution >= 0.6 is 0 Å². The summed E-state index contributed by atoms with van der Waals surface area (Å²) >= 11 is 0. The Labute approximate surface area is 69.2 Å². The van der Waals surface area contributed by atoms with Gasteiger partial charge in [0.1, 0.15) is 5.78 Å². The van der Waals surface area contributed by atoms with Gasteiger partial charge in [-0.15, -0.1) is 0 Å². The second kappa shape index (κ2) is 2.62. The third-order valence-corrected chi connectivity index (χ3v) is 3.55. The van der Waals surface area contributed by atoms with E-state index in [1.54, 1.807) is 6.92 Å². The van der Waals surface area contributed by atoms with Gasteiger partial charge in [0.25, 0.3) is 0 Å². The summed E-state index contributed by atoms with van der Waals surface area (Å²) in [6.45, 7) is 8.42. The number of carbonyl (C=O) groups is 1. The summed E-state index contributed by atoms with van der Waals surface area (Å²) < 4.78 is 0. The highest BCUT2D eigenvalue weighted by Gasteiger charge is 2.42. The normalized spacial score (nSPS) is 35.6. The number of Topliss-reactive ketones (excluding diaryl/α,β-unsaturated/α-hetero) is 1. The molecule has 1 aliphatic rings. The first kappa shape index (κ1) is 8.76. The number of carbonyl (C=O) groups excluding carboxylic acids is 1. The zero-order chi connectivity index (χ0) is 8.65.